The molecular formula is C24H24ClN5O3. The summed E-state index contributed by atoms with van der Waals surface area (Å²) in [5.74, 6) is -0.381. The number of nitrogens with one attached hydrogen (secondary N) is 1. The van der Waals surface area contributed by atoms with Gasteiger partial charge >= 0.3 is 0 Å². The van der Waals surface area contributed by atoms with Crippen molar-refractivity contribution in [1.29, 1.82) is 0 Å². The number of nitrogens with zero attached hydrogens (tertiary/aromatic N) is 3. The predicted molar refractivity (Wildman–Crippen MR) is 129 cm³/mol. The summed E-state index contributed by atoms with van der Waals surface area (Å²) in [6.07, 6.45) is 1.48. The average Bonchev–Trinajstić information content (AvgIpc) is 3.14. The first kappa shape index (κ1) is 22.5. The van der Waals surface area contributed by atoms with Gasteiger partial charge in [-0.15, -0.1) is 0 Å². The number of amides is 1. The lowest BCUT2D eigenvalue weighted by atomic mass is 9.98. The van der Waals surface area contributed by atoms with Crippen molar-refractivity contribution in [2.75, 3.05) is 5.32 Å². The number of halogens is 1. The zero-order valence-corrected chi connectivity index (χ0v) is 19.7. The van der Waals surface area contributed by atoms with E-state index in [1.54, 1.807) is 20.0 Å². The van der Waals surface area contributed by atoms with E-state index >= 15 is 0 Å². The minimum atomic E-state index is -0.656. The monoisotopic (exact) mass is 465 g/mol. The number of rotatable bonds is 5. The normalized spacial score (nSPS) is 12.2. The Hall–Kier alpha value is -3.65. The van der Waals surface area contributed by atoms with Crippen LogP contribution < -0.4 is 16.5 Å². The van der Waals surface area contributed by atoms with Crippen LogP contribution in [0.4, 0.5) is 5.69 Å². The Morgan fingerprint density at radius 3 is 2.64 bits per heavy atom. The van der Waals surface area contributed by atoms with Crippen LogP contribution in [0.15, 0.2) is 39.7 Å². The Morgan fingerprint density at radius 2 is 1.97 bits per heavy atom. The maximum absolute atomic E-state index is 13.3. The van der Waals surface area contributed by atoms with Gasteiger partial charge in [0.05, 0.1) is 34.6 Å². The van der Waals surface area contributed by atoms with E-state index in [-0.39, 0.29) is 22.9 Å². The molecule has 0 radical (unpaired) electrons. The third-order valence-electron chi connectivity index (χ3n) is 5.70. The summed E-state index contributed by atoms with van der Waals surface area (Å²) in [6, 6.07) is 7.13. The Morgan fingerprint density at radius 1 is 1.24 bits per heavy atom. The van der Waals surface area contributed by atoms with Gasteiger partial charge in [-0.3, -0.25) is 14.3 Å². The fourth-order valence-corrected chi connectivity index (χ4v) is 4.23. The summed E-state index contributed by atoms with van der Waals surface area (Å²) in [7, 11) is 1.61. The second kappa shape index (κ2) is 8.37. The molecule has 0 saturated carbocycles. The third kappa shape index (κ3) is 3.98. The van der Waals surface area contributed by atoms with Gasteiger partial charge in [0, 0.05) is 18.2 Å². The van der Waals surface area contributed by atoms with Crippen LogP contribution in [0.3, 0.4) is 0 Å². The Bertz CT molecular complexity index is 1470. The Balaban J connectivity index is 1.93. The van der Waals surface area contributed by atoms with Gasteiger partial charge in [0.25, 0.3) is 5.91 Å². The van der Waals surface area contributed by atoms with Crippen molar-refractivity contribution in [3.8, 4) is 11.3 Å². The fraction of sp³-hybridized carbons (Fsp3) is 0.250. The van der Waals surface area contributed by atoms with Gasteiger partial charge in [0.15, 0.2) is 5.43 Å². The topological polar surface area (TPSA) is 116 Å². The molecule has 0 aliphatic heterocycles. The molecule has 0 aliphatic carbocycles. The molecule has 33 heavy (non-hydrogen) atoms. The first-order valence-corrected chi connectivity index (χ1v) is 10.8. The van der Waals surface area contributed by atoms with E-state index < -0.39 is 5.91 Å². The SMILES string of the molecule is Cc1cc([C@@H](C)Nc2ccc(Cl)nc2C)c2oc(-c3cnn(C)c3C(N)=O)c(C)c(=O)c2c1. The third-order valence-corrected chi connectivity index (χ3v) is 5.91. The van der Waals surface area contributed by atoms with E-state index in [1.165, 1.54) is 10.9 Å². The van der Waals surface area contributed by atoms with E-state index in [0.29, 0.717) is 27.2 Å². The lowest BCUT2D eigenvalue weighted by molar-refractivity contribution is 0.0992. The molecule has 170 valence electrons. The molecular weight excluding hydrogens is 442 g/mol. The van der Waals surface area contributed by atoms with Gasteiger partial charge in [-0.1, -0.05) is 17.7 Å². The zero-order chi connectivity index (χ0) is 24.0. The number of fused-ring (bicyclic) bond motifs is 1. The van der Waals surface area contributed by atoms with E-state index in [4.69, 9.17) is 21.8 Å². The van der Waals surface area contributed by atoms with E-state index in [0.717, 1.165) is 22.5 Å². The molecule has 1 atom stereocenters. The molecule has 0 unspecified atom stereocenters. The average molecular weight is 466 g/mol. The number of hydrogen-bond donors (Lipinski definition) is 2. The molecule has 3 N–H and O–H groups in total. The number of carbonyl (C=O) groups is 1. The van der Waals surface area contributed by atoms with Crippen LogP contribution in [0.25, 0.3) is 22.3 Å². The standard InChI is InChI=1S/C24H24ClN5O3/c1-11-8-15(13(3)28-18-6-7-19(25)29-14(18)4)23-16(9-11)21(31)12(2)22(33-23)17-10-27-30(5)20(17)24(26)32/h6-10,13,28H,1-5H3,(H2,26,32)/t13-/m1/s1. The summed E-state index contributed by atoms with van der Waals surface area (Å²) < 4.78 is 7.69. The highest BCUT2D eigenvalue weighted by Gasteiger charge is 2.24. The van der Waals surface area contributed by atoms with Crippen LogP contribution in [0.1, 0.15) is 45.8 Å². The molecule has 0 bridgehead atoms. The van der Waals surface area contributed by atoms with Crippen LogP contribution in [-0.2, 0) is 7.05 Å². The molecule has 0 saturated heterocycles. The number of aryl methyl sites for hydroxylation is 3. The zero-order valence-electron chi connectivity index (χ0n) is 19.0. The number of carbonyl (C=O) groups excluding carboxylic acids is 1. The molecule has 4 rings (SSSR count). The minimum Gasteiger partial charge on any atom is -0.455 e. The van der Waals surface area contributed by atoms with Crippen molar-refractivity contribution in [2.24, 2.45) is 12.8 Å². The van der Waals surface area contributed by atoms with Crippen LogP contribution >= 0.6 is 11.6 Å². The number of hydrogen-bond acceptors (Lipinski definition) is 6. The maximum Gasteiger partial charge on any atom is 0.267 e. The fourth-order valence-electron chi connectivity index (χ4n) is 4.04. The number of primary amides is 1. The van der Waals surface area contributed by atoms with Gasteiger partial charge in [0.1, 0.15) is 22.2 Å². The van der Waals surface area contributed by atoms with Crippen molar-refractivity contribution >= 4 is 34.2 Å². The van der Waals surface area contributed by atoms with Crippen molar-refractivity contribution in [2.45, 2.75) is 33.7 Å². The summed E-state index contributed by atoms with van der Waals surface area (Å²) >= 11 is 5.99. The highest BCUT2D eigenvalue weighted by atomic mass is 35.5. The summed E-state index contributed by atoms with van der Waals surface area (Å²) in [5.41, 5.74) is 10.1. The minimum absolute atomic E-state index is 0.170. The van der Waals surface area contributed by atoms with Gasteiger partial charge in [-0.2, -0.15) is 5.10 Å². The summed E-state index contributed by atoms with van der Waals surface area (Å²) in [4.78, 5) is 29.7. The van der Waals surface area contributed by atoms with Crippen LogP contribution in [0, 0.1) is 20.8 Å². The Kier molecular flexibility index (Phi) is 5.71. The molecule has 1 aromatic carbocycles. The lowest BCUT2D eigenvalue weighted by Crippen LogP contribution is -2.18. The molecule has 0 spiro atoms. The molecule has 8 nitrogen and oxygen atoms in total. The summed E-state index contributed by atoms with van der Waals surface area (Å²) in [5, 5.41) is 8.44. The van der Waals surface area contributed by atoms with Crippen molar-refractivity contribution < 1.29 is 9.21 Å². The number of aromatic nitrogens is 3. The number of anilines is 1. The van der Waals surface area contributed by atoms with Crippen LogP contribution in [0.5, 0.6) is 0 Å². The van der Waals surface area contributed by atoms with Crippen molar-refractivity contribution in [3.05, 3.63) is 73.9 Å². The van der Waals surface area contributed by atoms with Crippen molar-refractivity contribution in [1.82, 2.24) is 14.8 Å². The van der Waals surface area contributed by atoms with E-state index in [2.05, 4.69) is 15.4 Å². The van der Waals surface area contributed by atoms with E-state index in [9.17, 15) is 9.59 Å². The highest BCUT2D eigenvalue weighted by Crippen LogP contribution is 2.33. The smallest absolute Gasteiger partial charge is 0.267 e. The molecule has 0 aliphatic rings. The number of pyridine rings is 1. The quantitative estimate of drug-likeness (QED) is 0.421. The van der Waals surface area contributed by atoms with Crippen molar-refractivity contribution in [3.63, 3.8) is 0 Å². The highest BCUT2D eigenvalue weighted by molar-refractivity contribution is 6.29. The number of benzene rings is 1. The molecule has 0 fully saturated rings. The van der Waals surface area contributed by atoms with Crippen LogP contribution in [0.2, 0.25) is 5.15 Å². The van der Waals surface area contributed by atoms with E-state index in [1.807, 2.05) is 39.0 Å². The summed E-state index contributed by atoms with van der Waals surface area (Å²) in [6.45, 7) is 7.44. The van der Waals surface area contributed by atoms with Gasteiger partial charge in [-0.05, 0) is 51.5 Å². The van der Waals surface area contributed by atoms with Crippen LogP contribution in [-0.4, -0.2) is 20.7 Å². The lowest BCUT2D eigenvalue weighted by Gasteiger charge is -2.19. The molecule has 4 aromatic rings. The predicted octanol–water partition coefficient (Wildman–Crippen LogP) is 4.44. The van der Waals surface area contributed by atoms with Gasteiger partial charge < -0.3 is 15.5 Å². The Labute approximate surface area is 195 Å². The number of nitrogens with two attached hydrogens (primary N) is 1. The van der Waals surface area contributed by atoms with Gasteiger partial charge in [0.2, 0.25) is 0 Å². The maximum atomic E-state index is 13.3. The second-order valence-electron chi connectivity index (χ2n) is 8.14. The molecule has 9 heteroatoms. The molecule has 1 amide bonds. The van der Waals surface area contributed by atoms with Gasteiger partial charge in [-0.25, -0.2) is 4.98 Å². The molecule has 3 heterocycles. The molecule has 3 aromatic heterocycles. The second-order valence-corrected chi connectivity index (χ2v) is 8.53. The largest absolute Gasteiger partial charge is 0.455 e. The first-order valence-electron chi connectivity index (χ1n) is 10.4. The first-order chi connectivity index (χ1) is 15.6.